The summed E-state index contributed by atoms with van der Waals surface area (Å²) in [5.41, 5.74) is 9.23. The molecular formula is C20H28FN3. The van der Waals surface area contributed by atoms with Crippen LogP contribution in [0.4, 0.5) is 10.1 Å². The van der Waals surface area contributed by atoms with Crippen molar-refractivity contribution in [2.75, 3.05) is 31.1 Å². The van der Waals surface area contributed by atoms with E-state index in [1.807, 2.05) is 26.0 Å². The van der Waals surface area contributed by atoms with Crippen LogP contribution in [-0.4, -0.2) is 31.1 Å². The van der Waals surface area contributed by atoms with Crippen molar-refractivity contribution in [3.8, 4) is 0 Å². The van der Waals surface area contributed by atoms with E-state index in [0.717, 1.165) is 38.4 Å². The number of nitrogens with two attached hydrogens (primary N) is 1. The van der Waals surface area contributed by atoms with Crippen LogP contribution < -0.4 is 10.6 Å². The lowest BCUT2D eigenvalue weighted by molar-refractivity contribution is 0.250. The highest BCUT2D eigenvalue weighted by Crippen LogP contribution is 2.18. The van der Waals surface area contributed by atoms with Gasteiger partial charge in [-0.1, -0.05) is 38.1 Å². The Hall–Kier alpha value is -1.91. The molecule has 2 N–H and O–H groups in total. The van der Waals surface area contributed by atoms with E-state index in [0.29, 0.717) is 6.54 Å². The van der Waals surface area contributed by atoms with E-state index in [9.17, 15) is 4.39 Å². The fourth-order valence-corrected chi connectivity index (χ4v) is 2.86. The minimum Gasteiger partial charge on any atom is -0.369 e. The third-order valence-electron chi connectivity index (χ3n) is 4.23. The van der Waals surface area contributed by atoms with Gasteiger partial charge in [0.25, 0.3) is 0 Å². The molecule has 1 saturated heterocycles. The van der Waals surface area contributed by atoms with Crippen LogP contribution in [0, 0.1) is 5.82 Å². The standard InChI is InChI=1S/C18H22FN3.C2H6/c19-17-5-7-18(8-6-17)22-11-9-21(10-12-22)14-16-3-1-15(13-20)2-4-16;1-2/h1-8H,9-14,20H2;1-2H3. The zero-order chi connectivity index (χ0) is 17.4. The summed E-state index contributed by atoms with van der Waals surface area (Å²) in [7, 11) is 0. The first-order chi connectivity index (χ1) is 11.7. The van der Waals surface area contributed by atoms with Gasteiger partial charge in [0.1, 0.15) is 5.82 Å². The van der Waals surface area contributed by atoms with Crippen molar-refractivity contribution in [3.05, 3.63) is 65.5 Å². The molecule has 0 atom stereocenters. The highest BCUT2D eigenvalue weighted by Gasteiger charge is 2.17. The van der Waals surface area contributed by atoms with Gasteiger partial charge in [-0.2, -0.15) is 0 Å². The molecule has 0 unspecified atom stereocenters. The number of anilines is 1. The third-order valence-corrected chi connectivity index (χ3v) is 4.23. The summed E-state index contributed by atoms with van der Waals surface area (Å²) >= 11 is 0. The van der Waals surface area contributed by atoms with E-state index >= 15 is 0 Å². The van der Waals surface area contributed by atoms with Crippen molar-refractivity contribution in [1.29, 1.82) is 0 Å². The quantitative estimate of drug-likeness (QED) is 0.930. The normalized spacial score (nSPS) is 14.9. The molecule has 0 radical (unpaired) electrons. The predicted molar refractivity (Wildman–Crippen MR) is 99.6 cm³/mol. The average Bonchev–Trinajstić information content (AvgIpc) is 2.65. The topological polar surface area (TPSA) is 32.5 Å². The number of hydrogen-bond acceptors (Lipinski definition) is 3. The smallest absolute Gasteiger partial charge is 0.123 e. The fourth-order valence-electron chi connectivity index (χ4n) is 2.86. The van der Waals surface area contributed by atoms with Gasteiger partial charge in [0, 0.05) is 45.0 Å². The summed E-state index contributed by atoms with van der Waals surface area (Å²) < 4.78 is 13.0. The second-order valence-electron chi connectivity index (χ2n) is 5.76. The summed E-state index contributed by atoms with van der Waals surface area (Å²) in [6.45, 7) is 9.57. The number of benzene rings is 2. The maximum atomic E-state index is 13.0. The molecule has 1 aliphatic heterocycles. The van der Waals surface area contributed by atoms with Crippen LogP contribution in [0.1, 0.15) is 25.0 Å². The summed E-state index contributed by atoms with van der Waals surface area (Å²) in [6.07, 6.45) is 0. The predicted octanol–water partition coefficient (Wildman–Crippen LogP) is 3.63. The zero-order valence-corrected chi connectivity index (χ0v) is 14.7. The molecule has 0 saturated carbocycles. The van der Waals surface area contributed by atoms with Gasteiger partial charge in [-0.3, -0.25) is 4.90 Å². The van der Waals surface area contributed by atoms with Gasteiger partial charge in [-0.25, -0.2) is 4.39 Å². The van der Waals surface area contributed by atoms with Gasteiger partial charge in [0.15, 0.2) is 0 Å². The average molecular weight is 329 g/mol. The lowest BCUT2D eigenvalue weighted by Crippen LogP contribution is -2.45. The zero-order valence-electron chi connectivity index (χ0n) is 14.7. The van der Waals surface area contributed by atoms with Crippen LogP contribution in [0.3, 0.4) is 0 Å². The van der Waals surface area contributed by atoms with Gasteiger partial charge >= 0.3 is 0 Å². The number of piperazine rings is 1. The van der Waals surface area contributed by atoms with Crippen molar-refractivity contribution in [2.45, 2.75) is 26.9 Å². The Kier molecular flexibility index (Phi) is 7.22. The second kappa shape index (κ2) is 9.40. The third kappa shape index (κ3) is 5.05. The monoisotopic (exact) mass is 329 g/mol. The molecule has 0 aromatic heterocycles. The SMILES string of the molecule is CC.NCc1ccc(CN2CCN(c3ccc(F)cc3)CC2)cc1. The largest absolute Gasteiger partial charge is 0.369 e. The number of rotatable bonds is 4. The van der Waals surface area contributed by atoms with Crippen molar-refractivity contribution in [1.82, 2.24) is 4.90 Å². The van der Waals surface area contributed by atoms with Gasteiger partial charge in [-0.15, -0.1) is 0 Å². The van der Waals surface area contributed by atoms with E-state index in [4.69, 9.17) is 5.73 Å². The molecule has 0 bridgehead atoms. The maximum absolute atomic E-state index is 13.0. The van der Waals surface area contributed by atoms with Crippen molar-refractivity contribution in [2.24, 2.45) is 5.73 Å². The Bertz CT molecular complexity index is 587. The van der Waals surface area contributed by atoms with E-state index in [-0.39, 0.29) is 5.82 Å². The van der Waals surface area contributed by atoms with Gasteiger partial charge in [0.05, 0.1) is 0 Å². The Labute approximate surface area is 144 Å². The van der Waals surface area contributed by atoms with Gasteiger partial charge < -0.3 is 10.6 Å². The van der Waals surface area contributed by atoms with E-state index in [1.54, 1.807) is 0 Å². The molecular weight excluding hydrogens is 301 g/mol. The first kappa shape index (κ1) is 18.4. The van der Waals surface area contributed by atoms with Crippen LogP contribution in [0.2, 0.25) is 0 Å². The fraction of sp³-hybridized carbons (Fsp3) is 0.400. The molecule has 0 spiro atoms. The first-order valence-electron chi connectivity index (χ1n) is 8.75. The van der Waals surface area contributed by atoms with Crippen molar-refractivity contribution >= 4 is 5.69 Å². The Morgan fingerprint density at radius 3 is 1.92 bits per heavy atom. The van der Waals surface area contributed by atoms with Gasteiger partial charge in [0.2, 0.25) is 0 Å². The molecule has 4 heteroatoms. The molecule has 2 aromatic carbocycles. The van der Waals surface area contributed by atoms with Crippen LogP contribution in [0.15, 0.2) is 48.5 Å². The molecule has 1 aliphatic rings. The molecule has 2 aromatic rings. The molecule has 0 aliphatic carbocycles. The maximum Gasteiger partial charge on any atom is 0.123 e. The van der Waals surface area contributed by atoms with Crippen LogP contribution in [0.5, 0.6) is 0 Å². The summed E-state index contributed by atoms with van der Waals surface area (Å²) in [4.78, 5) is 4.77. The Morgan fingerprint density at radius 2 is 1.38 bits per heavy atom. The second-order valence-corrected chi connectivity index (χ2v) is 5.76. The molecule has 3 nitrogen and oxygen atoms in total. The van der Waals surface area contributed by atoms with E-state index in [1.165, 1.54) is 23.3 Å². The van der Waals surface area contributed by atoms with Crippen molar-refractivity contribution < 1.29 is 4.39 Å². The number of halogens is 1. The minimum atomic E-state index is -0.177. The lowest BCUT2D eigenvalue weighted by Gasteiger charge is -2.36. The Morgan fingerprint density at radius 1 is 0.833 bits per heavy atom. The molecule has 3 rings (SSSR count). The summed E-state index contributed by atoms with van der Waals surface area (Å²) in [6, 6.07) is 15.3. The molecule has 1 heterocycles. The summed E-state index contributed by atoms with van der Waals surface area (Å²) in [5, 5.41) is 0. The van der Waals surface area contributed by atoms with Crippen LogP contribution >= 0.6 is 0 Å². The van der Waals surface area contributed by atoms with Gasteiger partial charge in [-0.05, 0) is 35.4 Å². The molecule has 130 valence electrons. The molecule has 0 amide bonds. The van der Waals surface area contributed by atoms with Crippen LogP contribution in [-0.2, 0) is 13.1 Å². The number of hydrogen-bond donors (Lipinski definition) is 1. The molecule has 1 fully saturated rings. The van der Waals surface area contributed by atoms with E-state index < -0.39 is 0 Å². The van der Waals surface area contributed by atoms with E-state index in [2.05, 4.69) is 34.1 Å². The highest BCUT2D eigenvalue weighted by molar-refractivity contribution is 5.46. The Balaban J connectivity index is 0.00000100. The van der Waals surface area contributed by atoms with Crippen molar-refractivity contribution in [3.63, 3.8) is 0 Å². The first-order valence-corrected chi connectivity index (χ1v) is 8.75. The number of nitrogens with zero attached hydrogens (tertiary/aromatic N) is 2. The summed E-state index contributed by atoms with van der Waals surface area (Å²) in [5.74, 6) is -0.177. The van der Waals surface area contributed by atoms with Crippen LogP contribution in [0.25, 0.3) is 0 Å². The molecule has 24 heavy (non-hydrogen) atoms. The lowest BCUT2D eigenvalue weighted by atomic mass is 10.1. The minimum absolute atomic E-state index is 0.177. The highest BCUT2D eigenvalue weighted by atomic mass is 19.1.